The highest BCUT2D eigenvalue weighted by Crippen LogP contribution is 2.27. The summed E-state index contributed by atoms with van der Waals surface area (Å²) in [5, 5.41) is 2.88. The van der Waals surface area contributed by atoms with Gasteiger partial charge in [0.25, 0.3) is 5.91 Å². The van der Waals surface area contributed by atoms with Crippen molar-refractivity contribution in [2.75, 3.05) is 17.3 Å². The Balaban J connectivity index is 1.99. The van der Waals surface area contributed by atoms with Crippen molar-refractivity contribution < 1.29 is 4.79 Å². The normalized spacial score (nSPS) is 13.6. The minimum Gasteiger partial charge on any atom is -0.357 e. The van der Waals surface area contributed by atoms with Gasteiger partial charge in [0.2, 0.25) is 5.95 Å². The van der Waals surface area contributed by atoms with Crippen molar-refractivity contribution in [3.05, 3.63) is 47.3 Å². The summed E-state index contributed by atoms with van der Waals surface area (Å²) in [6, 6.07) is 7.89. The molecule has 19 heavy (non-hydrogen) atoms. The Morgan fingerprint density at radius 3 is 2.95 bits per heavy atom. The van der Waals surface area contributed by atoms with Crippen LogP contribution in [0, 0.1) is 6.92 Å². The van der Waals surface area contributed by atoms with Gasteiger partial charge in [-0.25, -0.2) is 9.97 Å². The van der Waals surface area contributed by atoms with Gasteiger partial charge in [-0.05, 0) is 24.6 Å². The maximum atomic E-state index is 12.3. The molecule has 0 unspecified atom stereocenters. The van der Waals surface area contributed by atoms with Gasteiger partial charge in [0.1, 0.15) is 0 Å². The fourth-order valence-electron chi connectivity index (χ4n) is 2.21. The minimum absolute atomic E-state index is 0.0387. The fraction of sp³-hybridized carbons (Fsp3) is 0.214. The molecule has 0 spiro atoms. The summed E-state index contributed by atoms with van der Waals surface area (Å²) in [5.74, 6) is 0.501. The molecule has 1 aromatic heterocycles. The smallest absolute Gasteiger partial charge is 0.262 e. The lowest BCUT2D eigenvalue weighted by molar-refractivity contribution is 0.0996. The van der Waals surface area contributed by atoms with Crippen molar-refractivity contribution in [2.45, 2.75) is 13.5 Å². The molecule has 3 rings (SSSR count). The summed E-state index contributed by atoms with van der Waals surface area (Å²) in [5.41, 5.74) is 3.38. The Morgan fingerprint density at radius 1 is 1.37 bits per heavy atom. The van der Waals surface area contributed by atoms with E-state index in [0.717, 1.165) is 16.9 Å². The summed E-state index contributed by atoms with van der Waals surface area (Å²) in [4.78, 5) is 22.5. The van der Waals surface area contributed by atoms with Gasteiger partial charge in [0.05, 0.1) is 17.8 Å². The van der Waals surface area contributed by atoms with Gasteiger partial charge in [0.15, 0.2) is 0 Å². The molecule has 1 amide bonds. The Hall–Kier alpha value is -2.43. The molecule has 1 N–H and O–H groups in total. The Bertz CT molecular complexity index is 654. The topological polar surface area (TPSA) is 58.1 Å². The number of hydrogen-bond acceptors (Lipinski definition) is 4. The van der Waals surface area contributed by atoms with Crippen molar-refractivity contribution in [1.82, 2.24) is 9.97 Å². The van der Waals surface area contributed by atoms with E-state index >= 15 is 0 Å². The first-order valence-corrected chi connectivity index (χ1v) is 6.11. The van der Waals surface area contributed by atoms with Gasteiger partial charge in [-0.1, -0.05) is 12.1 Å². The van der Waals surface area contributed by atoms with Crippen LogP contribution >= 0.6 is 0 Å². The second-order valence-electron chi connectivity index (χ2n) is 4.53. The lowest BCUT2D eigenvalue weighted by Gasteiger charge is -2.15. The number of anilines is 2. The summed E-state index contributed by atoms with van der Waals surface area (Å²) in [6.45, 7) is 2.50. The maximum Gasteiger partial charge on any atom is 0.262 e. The van der Waals surface area contributed by atoms with E-state index in [1.807, 2.05) is 31.2 Å². The SMILES string of the molecule is CNc1ncc2c(n1)CN(c1cccc(C)c1)C2=O. The molecule has 0 atom stereocenters. The second-order valence-corrected chi connectivity index (χ2v) is 4.53. The van der Waals surface area contributed by atoms with Gasteiger partial charge >= 0.3 is 0 Å². The van der Waals surface area contributed by atoms with E-state index in [2.05, 4.69) is 15.3 Å². The fourth-order valence-corrected chi connectivity index (χ4v) is 2.21. The standard InChI is InChI=1S/C14H14N4O/c1-9-4-3-5-10(6-9)18-8-12-11(13(18)19)7-16-14(15-2)17-12/h3-7H,8H2,1-2H3,(H,15,16,17). The monoisotopic (exact) mass is 254 g/mol. The zero-order chi connectivity index (χ0) is 13.4. The van der Waals surface area contributed by atoms with Crippen LogP contribution in [0.1, 0.15) is 21.6 Å². The molecule has 5 nitrogen and oxygen atoms in total. The summed E-state index contributed by atoms with van der Waals surface area (Å²) < 4.78 is 0. The van der Waals surface area contributed by atoms with Gasteiger partial charge in [0, 0.05) is 18.9 Å². The number of nitrogens with one attached hydrogen (secondary N) is 1. The van der Waals surface area contributed by atoms with E-state index in [1.54, 1.807) is 18.1 Å². The average Bonchev–Trinajstić information content (AvgIpc) is 2.75. The van der Waals surface area contributed by atoms with Crippen LogP contribution in [0.5, 0.6) is 0 Å². The third kappa shape index (κ3) is 1.93. The first-order valence-electron chi connectivity index (χ1n) is 6.11. The van der Waals surface area contributed by atoms with Crippen molar-refractivity contribution in [3.8, 4) is 0 Å². The van der Waals surface area contributed by atoms with E-state index in [0.29, 0.717) is 18.1 Å². The van der Waals surface area contributed by atoms with E-state index in [4.69, 9.17) is 0 Å². The molecular weight excluding hydrogens is 240 g/mol. The highest BCUT2D eigenvalue weighted by molar-refractivity contribution is 6.09. The number of aromatic nitrogens is 2. The van der Waals surface area contributed by atoms with Crippen LogP contribution < -0.4 is 10.2 Å². The number of fused-ring (bicyclic) bond motifs is 1. The molecule has 1 aliphatic rings. The number of rotatable bonds is 2. The van der Waals surface area contributed by atoms with Crippen LogP contribution in [0.15, 0.2) is 30.5 Å². The van der Waals surface area contributed by atoms with Crippen LogP contribution in [0.25, 0.3) is 0 Å². The lowest BCUT2D eigenvalue weighted by Crippen LogP contribution is -2.22. The zero-order valence-corrected chi connectivity index (χ0v) is 10.8. The van der Waals surface area contributed by atoms with E-state index in [1.165, 1.54) is 0 Å². The highest BCUT2D eigenvalue weighted by Gasteiger charge is 2.30. The number of carbonyl (C=O) groups is 1. The number of carbonyl (C=O) groups excluding carboxylic acids is 1. The van der Waals surface area contributed by atoms with Crippen molar-refractivity contribution in [1.29, 1.82) is 0 Å². The molecule has 96 valence electrons. The van der Waals surface area contributed by atoms with E-state index in [-0.39, 0.29) is 5.91 Å². The van der Waals surface area contributed by atoms with Crippen LogP contribution in [0.2, 0.25) is 0 Å². The largest absolute Gasteiger partial charge is 0.357 e. The van der Waals surface area contributed by atoms with E-state index in [9.17, 15) is 4.79 Å². The molecule has 2 aromatic rings. The van der Waals surface area contributed by atoms with Crippen LogP contribution in [0.4, 0.5) is 11.6 Å². The first-order chi connectivity index (χ1) is 9.19. The van der Waals surface area contributed by atoms with Gasteiger partial charge in [-0.2, -0.15) is 0 Å². The molecule has 0 aliphatic carbocycles. The van der Waals surface area contributed by atoms with Gasteiger partial charge in [-0.3, -0.25) is 4.79 Å². The predicted molar refractivity (Wildman–Crippen MR) is 73.3 cm³/mol. The average molecular weight is 254 g/mol. The number of amides is 1. The molecule has 5 heteroatoms. The molecule has 0 saturated heterocycles. The molecule has 2 heterocycles. The molecule has 1 aliphatic heterocycles. The van der Waals surface area contributed by atoms with Crippen molar-refractivity contribution >= 4 is 17.5 Å². The Morgan fingerprint density at radius 2 is 2.21 bits per heavy atom. The summed E-state index contributed by atoms with van der Waals surface area (Å²) in [7, 11) is 1.76. The first kappa shape index (κ1) is 11.6. The lowest BCUT2D eigenvalue weighted by atomic mass is 10.2. The molecule has 0 saturated carbocycles. The molecule has 1 aromatic carbocycles. The predicted octanol–water partition coefficient (Wildman–Crippen LogP) is 1.99. The van der Waals surface area contributed by atoms with Crippen LogP contribution in [0.3, 0.4) is 0 Å². The van der Waals surface area contributed by atoms with Gasteiger partial charge in [-0.15, -0.1) is 0 Å². The number of hydrogen-bond donors (Lipinski definition) is 1. The Labute approximate surface area is 111 Å². The number of benzene rings is 1. The van der Waals surface area contributed by atoms with E-state index < -0.39 is 0 Å². The van der Waals surface area contributed by atoms with Crippen LogP contribution in [-0.2, 0) is 6.54 Å². The quantitative estimate of drug-likeness (QED) is 0.890. The van der Waals surface area contributed by atoms with Crippen molar-refractivity contribution in [3.63, 3.8) is 0 Å². The maximum absolute atomic E-state index is 12.3. The summed E-state index contributed by atoms with van der Waals surface area (Å²) in [6.07, 6.45) is 1.59. The molecular formula is C14H14N4O. The zero-order valence-electron chi connectivity index (χ0n) is 10.8. The summed E-state index contributed by atoms with van der Waals surface area (Å²) >= 11 is 0. The third-order valence-electron chi connectivity index (χ3n) is 3.19. The van der Waals surface area contributed by atoms with Crippen molar-refractivity contribution in [2.24, 2.45) is 0 Å². The Kier molecular flexibility index (Phi) is 2.67. The minimum atomic E-state index is -0.0387. The van der Waals surface area contributed by atoms with Gasteiger partial charge < -0.3 is 10.2 Å². The number of aryl methyl sites for hydroxylation is 1. The molecule has 0 fully saturated rings. The highest BCUT2D eigenvalue weighted by atomic mass is 16.2. The third-order valence-corrected chi connectivity index (χ3v) is 3.19. The molecule has 0 radical (unpaired) electrons. The molecule has 0 bridgehead atoms. The second kappa shape index (κ2) is 4.35. The number of nitrogens with zero attached hydrogens (tertiary/aromatic N) is 3. The van der Waals surface area contributed by atoms with Crippen LogP contribution in [-0.4, -0.2) is 22.9 Å².